The SMILES string of the molecule is C=CCOC(=O)CC[C@H](NC(=O)[C@@H]1CCCN2C(=O)CC[C@H](NS(=O)(=O)c3ccc(C(F)(F)F)cc3)C(=O)N12)/C(O)=C/[N+]#N. The molecule has 2 heterocycles. The van der Waals surface area contributed by atoms with Gasteiger partial charge < -0.3 is 15.2 Å². The van der Waals surface area contributed by atoms with Crippen molar-refractivity contribution in [3.8, 4) is 0 Å². The number of halogens is 3. The summed E-state index contributed by atoms with van der Waals surface area (Å²) in [6.45, 7) is 3.38. The fourth-order valence-corrected chi connectivity index (χ4v) is 5.88. The molecule has 1 aromatic rings. The van der Waals surface area contributed by atoms with Gasteiger partial charge in [0.15, 0.2) is 4.98 Å². The van der Waals surface area contributed by atoms with Crippen molar-refractivity contribution in [2.24, 2.45) is 0 Å². The number of nitrogens with zero attached hydrogens (tertiary/aromatic N) is 4. The summed E-state index contributed by atoms with van der Waals surface area (Å²) >= 11 is 0. The number of hydrogen-bond donors (Lipinski definition) is 3. The lowest BCUT2D eigenvalue weighted by atomic mass is 10.0. The molecule has 238 valence electrons. The minimum absolute atomic E-state index is 0.0304. The highest BCUT2D eigenvalue weighted by Gasteiger charge is 2.45. The molecule has 0 spiro atoms. The third-order valence-corrected chi connectivity index (χ3v) is 8.30. The second-order valence-electron chi connectivity index (χ2n) is 9.83. The molecule has 3 rings (SSSR count). The second kappa shape index (κ2) is 14.3. The molecular formula is C26H30F3N6O8S+. The van der Waals surface area contributed by atoms with Crippen molar-refractivity contribution in [1.82, 2.24) is 20.1 Å². The summed E-state index contributed by atoms with van der Waals surface area (Å²) in [5, 5.41) is 23.5. The van der Waals surface area contributed by atoms with Crippen molar-refractivity contribution in [3.05, 3.63) is 59.4 Å². The standard InChI is InChI=1S/C26H29F3N6O8S/c1-2-14-43-23(38)12-10-18(21(36)15-31-30)32-24(39)20-4-3-13-34-22(37)11-9-19(25(40)35(20)34)33-44(41,42)17-7-5-16(6-8-17)26(27,28)29/h2,5-8,15,18-20,33H,1,3-4,9-14H2,(H-,32,36,39)/p+1/b21-15-/t18-,19-,20-/m0/s1. The van der Waals surface area contributed by atoms with Gasteiger partial charge in [-0.1, -0.05) is 12.7 Å². The van der Waals surface area contributed by atoms with Gasteiger partial charge in [0.1, 0.15) is 18.7 Å². The number of esters is 1. The van der Waals surface area contributed by atoms with Gasteiger partial charge in [-0.05, 0) is 49.9 Å². The lowest BCUT2D eigenvalue weighted by molar-refractivity contribution is -0.176. The van der Waals surface area contributed by atoms with E-state index in [9.17, 15) is 45.9 Å². The van der Waals surface area contributed by atoms with Gasteiger partial charge in [0, 0.05) is 19.4 Å². The normalized spacial score (nSPS) is 20.2. The Kier molecular flexibility index (Phi) is 11.1. The number of aliphatic hydroxyl groups excluding tert-OH is 1. The second-order valence-corrected chi connectivity index (χ2v) is 11.5. The third-order valence-electron chi connectivity index (χ3n) is 6.82. The third kappa shape index (κ3) is 8.32. The number of aliphatic hydroxyl groups is 1. The summed E-state index contributed by atoms with van der Waals surface area (Å²) in [7, 11) is -4.54. The first-order valence-corrected chi connectivity index (χ1v) is 14.8. The van der Waals surface area contributed by atoms with Crippen molar-refractivity contribution < 1.29 is 50.6 Å². The Morgan fingerprint density at radius 1 is 1.23 bits per heavy atom. The van der Waals surface area contributed by atoms with Gasteiger partial charge in [-0.25, -0.2) is 13.4 Å². The number of alkyl halides is 3. The number of carbonyl (C=O) groups excluding carboxylic acids is 4. The number of sulfonamides is 1. The van der Waals surface area contributed by atoms with Crippen LogP contribution >= 0.6 is 0 Å². The van der Waals surface area contributed by atoms with Gasteiger partial charge in [-0.3, -0.25) is 24.2 Å². The van der Waals surface area contributed by atoms with Gasteiger partial charge in [0.05, 0.1) is 16.5 Å². The summed E-state index contributed by atoms with van der Waals surface area (Å²) in [5.74, 6) is -3.72. The van der Waals surface area contributed by atoms with Crippen LogP contribution in [0.4, 0.5) is 13.2 Å². The van der Waals surface area contributed by atoms with Crippen LogP contribution in [0.5, 0.6) is 0 Å². The maximum Gasteiger partial charge on any atom is 0.416 e. The number of hydrazine groups is 1. The fourth-order valence-electron chi connectivity index (χ4n) is 4.66. The summed E-state index contributed by atoms with van der Waals surface area (Å²) < 4.78 is 71.8. The number of amides is 3. The van der Waals surface area contributed by atoms with E-state index in [0.717, 1.165) is 22.2 Å². The zero-order valence-corrected chi connectivity index (χ0v) is 24.0. The zero-order chi connectivity index (χ0) is 32.7. The molecule has 0 radical (unpaired) electrons. The van der Waals surface area contributed by atoms with Crippen molar-refractivity contribution in [2.75, 3.05) is 13.2 Å². The molecule has 3 amide bonds. The minimum Gasteiger partial charge on any atom is -0.504 e. The number of hydrogen-bond acceptors (Lipinski definition) is 9. The molecule has 0 aromatic heterocycles. The van der Waals surface area contributed by atoms with Crippen molar-refractivity contribution in [2.45, 2.75) is 67.7 Å². The average Bonchev–Trinajstić information content (AvgIpc) is 3.09. The number of nitrogens with one attached hydrogen (secondary N) is 2. The maximum absolute atomic E-state index is 13.7. The summed E-state index contributed by atoms with van der Waals surface area (Å²) in [6, 6.07) is -1.59. The van der Waals surface area contributed by atoms with E-state index >= 15 is 0 Å². The van der Waals surface area contributed by atoms with Crippen molar-refractivity contribution in [1.29, 1.82) is 5.39 Å². The van der Waals surface area contributed by atoms with Crippen LogP contribution in [0.15, 0.2) is 53.8 Å². The molecule has 0 saturated carbocycles. The molecule has 1 aromatic carbocycles. The number of benzene rings is 1. The number of rotatable bonds is 11. The van der Waals surface area contributed by atoms with E-state index in [0.29, 0.717) is 18.3 Å². The Morgan fingerprint density at radius 2 is 1.91 bits per heavy atom. The van der Waals surface area contributed by atoms with Crippen LogP contribution in [0.3, 0.4) is 0 Å². The number of diazo groups is 1. The number of ether oxygens (including phenoxy) is 1. The van der Waals surface area contributed by atoms with Gasteiger partial charge in [0.25, 0.3) is 5.91 Å². The first-order chi connectivity index (χ1) is 20.7. The van der Waals surface area contributed by atoms with Crippen LogP contribution < -0.4 is 10.0 Å². The monoisotopic (exact) mass is 643 g/mol. The molecule has 0 bridgehead atoms. The summed E-state index contributed by atoms with van der Waals surface area (Å²) in [4.78, 5) is 54.1. The van der Waals surface area contributed by atoms with E-state index in [1.807, 2.05) is 0 Å². The molecule has 3 atom stereocenters. The molecule has 2 aliphatic rings. The van der Waals surface area contributed by atoms with E-state index in [4.69, 9.17) is 10.1 Å². The Bertz CT molecular complexity index is 1460. The van der Waals surface area contributed by atoms with E-state index in [1.165, 1.54) is 6.08 Å². The predicted octanol–water partition coefficient (Wildman–Crippen LogP) is 2.13. The first-order valence-electron chi connectivity index (χ1n) is 13.3. The van der Waals surface area contributed by atoms with E-state index in [1.54, 1.807) is 0 Å². The smallest absolute Gasteiger partial charge is 0.416 e. The molecule has 44 heavy (non-hydrogen) atoms. The van der Waals surface area contributed by atoms with Gasteiger partial charge in [-0.2, -0.15) is 17.9 Å². The number of fused-ring (bicyclic) bond motifs is 1. The van der Waals surface area contributed by atoms with E-state index in [-0.39, 0.29) is 51.7 Å². The zero-order valence-electron chi connectivity index (χ0n) is 23.2. The van der Waals surface area contributed by atoms with Crippen LogP contribution in [0.2, 0.25) is 0 Å². The molecule has 18 heteroatoms. The first kappa shape index (κ1) is 34.0. The highest BCUT2D eigenvalue weighted by atomic mass is 32.2. The highest BCUT2D eigenvalue weighted by molar-refractivity contribution is 7.89. The quantitative estimate of drug-likeness (QED) is 0.140. The van der Waals surface area contributed by atoms with E-state index < -0.39 is 74.2 Å². The Balaban J connectivity index is 1.83. The topological polar surface area (TPSA) is 191 Å². The molecule has 2 saturated heterocycles. The minimum atomic E-state index is -4.70. The molecular weight excluding hydrogens is 613 g/mol. The van der Waals surface area contributed by atoms with Crippen molar-refractivity contribution >= 4 is 33.7 Å². The van der Waals surface area contributed by atoms with Gasteiger partial charge in [-0.15, -0.1) is 0 Å². The maximum atomic E-state index is 13.7. The lowest BCUT2D eigenvalue weighted by Crippen LogP contribution is -2.64. The Morgan fingerprint density at radius 3 is 2.52 bits per heavy atom. The van der Waals surface area contributed by atoms with Crippen LogP contribution in [0.1, 0.15) is 44.1 Å². The molecule has 0 unspecified atom stereocenters. The Hall–Kier alpha value is -4.50. The summed E-state index contributed by atoms with van der Waals surface area (Å²) in [6.07, 6.45) is -3.50. The average molecular weight is 644 g/mol. The fraction of sp³-hybridized carbons (Fsp3) is 0.462. The van der Waals surface area contributed by atoms with Crippen LogP contribution in [-0.2, 0) is 40.1 Å². The Labute approximate surface area is 250 Å². The largest absolute Gasteiger partial charge is 0.504 e. The van der Waals surface area contributed by atoms with Crippen LogP contribution in [-0.4, -0.2) is 78.5 Å². The predicted molar refractivity (Wildman–Crippen MR) is 144 cm³/mol. The van der Waals surface area contributed by atoms with Gasteiger partial charge in [0.2, 0.25) is 33.0 Å². The van der Waals surface area contributed by atoms with Crippen molar-refractivity contribution in [3.63, 3.8) is 0 Å². The van der Waals surface area contributed by atoms with Crippen LogP contribution in [0, 0.1) is 5.39 Å². The van der Waals surface area contributed by atoms with Gasteiger partial charge >= 0.3 is 18.3 Å². The molecule has 2 fully saturated rings. The lowest BCUT2D eigenvalue weighted by Gasteiger charge is -2.43. The molecule has 2 aliphatic heterocycles. The molecule has 3 N–H and O–H groups in total. The molecule has 14 nitrogen and oxygen atoms in total. The van der Waals surface area contributed by atoms with E-state index in [2.05, 4.69) is 21.6 Å². The van der Waals surface area contributed by atoms with Crippen LogP contribution in [0.25, 0.3) is 4.98 Å². The number of carbonyl (C=O) groups is 4. The molecule has 0 aliphatic carbocycles. The highest BCUT2D eigenvalue weighted by Crippen LogP contribution is 2.30. The summed E-state index contributed by atoms with van der Waals surface area (Å²) in [5.41, 5.74) is -1.08.